The first-order chi connectivity index (χ1) is 15.8. The highest BCUT2D eigenvalue weighted by Crippen LogP contribution is 2.43. The summed E-state index contributed by atoms with van der Waals surface area (Å²) >= 11 is 0. The maximum absolute atomic E-state index is 14.2. The molecule has 0 aliphatic carbocycles. The Hall–Kier alpha value is -2.66. The third-order valence-corrected chi connectivity index (χ3v) is 8.79. The Balaban J connectivity index is 1.96. The van der Waals surface area contributed by atoms with Crippen LogP contribution < -0.4 is 5.19 Å². The molecule has 1 aliphatic heterocycles. The summed E-state index contributed by atoms with van der Waals surface area (Å²) in [5, 5.41) is 1.92. The van der Waals surface area contributed by atoms with E-state index in [1.165, 1.54) is 5.56 Å². The molecule has 1 nitrogen and oxygen atoms in total. The van der Waals surface area contributed by atoms with E-state index in [9.17, 15) is 13.2 Å². The Morgan fingerprint density at radius 2 is 1.44 bits per heavy atom. The quantitative estimate of drug-likeness (QED) is 0.368. The molecule has 3 aromatic rings. The third kappa shape index (κ3) is 4.50. The monoisotopic (exact) mass is 479 g/mol. The van der Waals surface area contributed by atoms with E-state index in [4.69, 9.17) is 0 Å². The molecule has 4 rings (SSSR count). The van der Waals surface area contributed by atoms with Crippen LogP contribution in [0.25, 0.3) is 22.0 Å². The number of aryl methyl sites for hydroxylation is 2. The average molecular weight is 480 g/mol. The SMILES string of the molecule is Cc1cc(C)cc(-c2ncc(C(F)(F)F)c3c2[SiH2]C(c2ccc(C(C)(C)C)cc2)=C3C(C)C)c1. The average Bonchev–Trinajstić information content (AvgIpc) is 3.11. The normalized spacial score (nSPS) is 14.9. The molecule has 34 heavy (non-hydrogen) atoms. The Morgan fingerprint density at radius 3 is 1.94 bits per heavy atom. The summed E-state index contributed by atoms with van der Waals surface area (Å²) < 4.78 is 42.6. The number of benzene rings is 2. The fourth-order valence-electron chi connectivity index (χ4n) is 5.10. The van der Waals surface area contributed by atoms with Crippen LogP contribution >= 0.6 is 0 Å². The molecule has 0 atom stereocenters. The molecule has 2 aromatic carbocycles. The highest BCUT2D eigenvalue weighted by atomic mass is 28.2. The topological polar surface area (TPSA) is 12.9 Å². The summed E-state index contributed by atoms with van der Waals surface area (Å²) in [6, 6.07) is 14.6. The van der Waals surface area contributed by atoms with Gasteiger partial charge in [-0.2, -0.15) is 13.2 Å². The maximum Gasteiger partial charge on any atom is 0.418 e. The second-order valence-electron chi connectivity index (χ2n) is 10.8. The molecule has 0 N–H and O–H groups in total. The number of rotatable bonds is 3. The molecule has 0 bridgehead atoms. The lowest BCUT2D eigenvalue weighted by molar-refractivity contribution is -0.137. The number of nitrogens with zero attached hydrogens (tertiary/aromatic N) is 1. The third-order valence-electron chi connectivity index (χ3n) is 6.60. The second kappa shape index (κ2) is 8.53. The van der Waals surface area contributed by atoms with Gasteiger partial charge in [-0.25, -0.2) is 0 Å². The molecule has 0 saturated heterocycles. The van der Waals surface area contributed by atoms with Gasteiger partial charge in [-0.1, -0.05) is 81.3 Å². The van der Waals surface area contributed by atoms with Crippen molar-refractivity contribution in [2.24, 2.45) is 5.92 Å². The number of hydrogen-bond acceptors (Lipinski definition) is 1. The van der Waals surface area contributed by atoms with Crippen molar-refractivity contribution < 1.29 is 13.2 Å². The molecular formula is C29H32F3NSi. The largest absolute Gasteiger partial charge is 0.418 e. The van der Waals surface area contributed by atoms with Crippen LogP contribution in [-0.4, -0.2) is 14.5 Å². The van der Waals surface area contributed by atoms with E-state index in [2.05, 4.69) is 56.1 Å². The lowest BCUT2D eigenvalue weighted by atomic mass is 9.86. The zero-order valence-corrected chi connectivity index (χ0v) is 22.4. The Bertz CT molecular complexity index is 1260. The Labute approximate surface area is 203 Å². The summed E-state index contributed by atoms with van der Waals surface area (Å²) in [5.74, 6) is -0.0263. The molecule has 5 heteroatoms. The van der Waals surface area contributed by atoms with Crippen molar-refractivity contribution in [2.75, 3.05) is 0 Å². The molecule has 2 heterocycles. The van der Waals surface area contributed by atoms with Crippen LogP contribution in [0.1, 0.15) is 68.0 Å². The molecule has 0 amide bonds. The Morgan fingerprint density at radius 1 is 0.853 bits per heavy atom. The predicted molar refractivity (Wildman–Crippen MR) is 139 cm³/mol. The van der Waals surface area contributed by atoms with Crippen molar-refractivity contribution >= 4 is 25.5 Å². The van der Waals surface area contributed by atoms with Crippen molar-refractivity contribution in [1.82, 2.24) is 4.98 Å². The van der Waals surface area contributed by atoms with Gasteiger partial charge < -0.3 is 0 Å². The van der Waals surface area contributed by atoms with Gasteiger partial charge in [0.1, 0.15) is 0 Å². The van der Waals surface area contributed by atoms with Crippen molar-refractivity contribution in [3.8, 4) is 11.3 Å². The maximum atomic E-state index is 14.2. The summed E-state index contributed by atoms with van der Waals surface area (Å²) in [4.78, 5) is 4.43. The van der Waals surface area contributed by atoms with Gasteiger partial charge in [-0.15, -0.1) is 0 Å². The minimum atomic E-state index is -4.45. The van der Waals surface area contributed by atoms with Crippen LogP contribution in [0.2, 0.25) is 0 Å². The molecule has 0 fully saturated rings. The van der Waals surface area contributed by atoms with Gasteiger partial charge >= 0.3 is 6.18 Å². The van der Waals surface area contributed by atoms with Crippen molar-refractivity contribution in [3.05, 3.63) is 82.0 Å². The number of aromatic nitrogens is 1. The molecule has 0 saturated carbocycles. The first-order valence-corrected chi connectivity index (χ1v) is 13.2. The van der Waals surface area contributed by atoms with E-state index >= 15 is 0 Å². The number of alkyl halides is 3. The van der Waals surface area contributed by atoms with Crippen LogP contribution in [0.4, 0.5) is 13.2 Å². The summed E-state index contributed by atoms with van der Waals surface area (Å²) in [5.41, 5.74) is 6.68. The van der Waals surface area contributed by atoms with E-state index in [1.54, 1.807) is 0 Å². The van der Waals surface area contributed by atoms with Gasteiger partial charge in [0.15, 0.2) is 0 Å². The standard InChI is InChI=1S/C29H32F3NSi/c1-16(2)23-24-22(29(30,31)32)15-33-25(20-13-17(3)12-18(4)14-20)27(24)34-26(23)19-8-10-21(11-9-19)28(5,6)7/h8-16H,34H2,1-7H3. The zero-order valence-electron chi connectivity index (χ0n) is 21.0. The summed E-state index contributed by atoms with van der Waals surface area (Å²) in [6.45, 7) is 14.5. The minimum absolute atomic E-state index is 0.0213. The predicted octanol–water partition coefficient (Wildman–Crippen LogP) is 7.01. The lowest BCUT2D eigenvalue weighted by Gasteiger charge is -2.20. The van der Waals surface area contributed by atoms with Gasteiger partial charge in [-0.05, 0) is 64.8 Å². The summed E-state index contributed by atoms with van der Waals surface area (Å²) in [7, 11) is -1.19. The minimum Gasteiger partial charge on any atom is -0.256 e. The lowest BCUT2D eigenvalue weighted by Crippen LogP contribution is -2.23. The van der Waals surface area contributed by atoms with Gasteiger partial charge in [0.25, 0.3) is 0 Å². The zero-order chi connectivity index (χ0) is 25.0. The van der Waals surface area contributed by atoms with Crippen molar-refractivity contribution in [3.63, 3.8) is 0 Å². The van der Waals surface area contributed by atoms with Crippen LogP contribution in [0.15, 0.2) is 48.7 Å². The molecule has 1 aromatic heterocycles. The highest BCUT2D eigenvalue weighted by molar-refractivity contribution is 6.80. The number of allylic oxidation sites excluding steroid dienone is 1. The summed E-state index contributed by atoms with van der Waals surface area (Å²) in [6.07, 6.45) is -3.40. The van der Waals surface area contributed by atoms with Gasteiger partial charge in [0, 0.05) is 11.8 Å². The first kappa shape index (κ1) is 24.5. The van der Waals surface area contributed by atoms with Crippen LogP contribution in [0.3, 0.4) is 0 Å². The smallest absolute Gasteiger partial charge is 0.256 e. The van der Waals surface area contributed by atoms with E-state index < -0.39 is 21.3 Å². The van der Waals surface area contributed by atoms with Crippen molar-refractivity contribution in [1.29, 1.82) is 0 Å². The van der Waals surface area contributed by atoms with E-state index in [-0.39, 0.29) is 11.3 Å². The molecule has 178 valence electrons. The molecule has 0 unspecified atom stereocenters. The molecule has 1 aliphatic rings. The number of halogens is 3. The molecule has 0 radical (unpaired) electrons. The Kier molecular flexibility index (Phi) is 6.13. The van der Waals surface area contributed by atoms with Crippen LogP contribution in [-0.2, 0) is 11.6 Å². The van der Waals surface area contributed by atoms with E-state index in [1.807, 2.05) is 39.8 Å². The fraction of sp³-hybridized carbons (Fsp3) is 0.345. The van der Waals surface area contributed by atoms with Crippen LogP contribution in [0, 0.1) is 19.8 Å². The number of hydrogen-bond donors (Lipinski definition) is 0. The first-order valence-electron chi connectivity index (χ1n) is 11.8. The number of fused-ring (bicyclic) bond motifs is 1. The number of pyridine rings is 1. The van der Waals surface area contributed by atoms with Gasteiger partial charge in [0.2, 0.25) is 0 Å². The van der Waals surface area contributed by atoms with Crippen LogP contribution in [0.5, 0.6) is 0 Å². The second-order valence-corrected chi connectivity index (χ2v) is 12.6. The van der Waals surface area contributed by atoms with E-state index in [0.717, 1.165) is 44.4 Å². The van der Waals surface area contributed by atoms with Gasteiger partial charge in [0.05, 0.1) is 20.8 Å². The molecular weight excluding hydrogens is 447 g/mol. The van der Waals surface area contributed by atoms with E-state index in [0.29, 0.717) is 11.3 Å². The fourth-order valence-corrected chi connectivity index (χ4v) is 7.69. The molecule has 0 spiro atoms. The highest BCUT2D eigenvalue weighted by Gasteiger charge is 2.40. The van der Waals surface area contributed by atoms with Crippen molar-refractivity contribution in [2.45, 2.75) is 60.1 Å². The van der Waals surface area contributed by atoms with Gasteiger partial charge in [-0.3, -0.25) is 4.98 Å².